The van der Waals surface area contributed by atoms with Crippen LogP contribution < -0.4 is 77.1 Å². The largest absolute Gasteiger partial charge is 0.493 e. The summed E-state index contributed by atoms with van der Waals surface area (Å²) in [6.45, 7) is 34.2. The van der Waals surface area contributed by atoms with Crippen molar-refractivity contribution in [2.24, 2.45) is 0 Å². The molecule has 4 aromatic carbocycles. The van der Waals surface area contributed by atoms with Crippen LogP contribution in [0.5, 0.6) is 46.0 Å². The lowest BCUT2D eigenvalue weighted by Crippen LogP contribution is -2.50. The van der Waals surface area contributed by atoms with E-state index in [0.717, 1.165) is 287 Å². The first-order chi connectivity index (χ1) is 65.6. The topological polar surface area (TPSA) is 247 Å². The number of piperazine rings is 1. The number of aryl methyl sites for hydroxylation is 1. The Kier molecular flexibility index (Phi) is 34.4. The molecule has 0 bridgehead atoms. The first-order valence-corrected chi connectivity index (χ1v) is 50.9. The van der Waals surface area contributed by atoms with E-state index in [1.807, 2.05) is 57.2 Å². The Morgan fingerprint density at radius 3 is 0.858 bits per heavy atom. The Morgan fingerprint density at radius 2 is 0.567 bits per heavy atom. The van der Waals surface area contributed by atoms with Gasteiger partial charge in [0.15, 0.2) is 46.0 Å². The zero-order valence-corrected chi connectivity index (χ0v) is 82.0. The third-order valence-electron chi connectivity index (χ3n) is 27.4. The molecule has 0 aliphatic carbocycles. The Balaban J connectivity index is 0.000000131. The Morgan fingerprint density at radius 1 is 0.306 bits per heavy atom. The minimum absolute atomic E-state index is 0.263. The fourth-order valence-electron chi connectivity index (χ4n) is 20.1. The van der Waals surface area contributed by atoms with E-state index >= 15 is 0 Å². The molecule has 10 aliphatic heterocycles. The average molecular weight is 1840 g/mol. The number of piperidine rings is 4. The van der Waals surface area contributed by atoms with Crippen molar-refractivity contribution in [1.29, 1.82) is 0 Å². The number of methoxy groups -OCH3 is 4. The van der Waals surface area contributed by atoms with Crippen LogP contribution in [-0.4, -0.2) is 308 Å². The van der Waals surface area contributed by atoms with Gasteiger partial charge in [-0.05, 0) is 258 Å². The Bertz CT molecular complexity index is 5200. The first-order valence-electron chi connectivity index (χ1n) is 50.9. The molecule has 728 valence electrons. The molecule has 19 rings (SSSR count). The summed E-state index contributed by atoms with van der Waals surface area (Å²) in [7, 11) is 11.0. The lowest BCUT2D eigenvalue weighted by Gasteiger charge is -2.36. The molecule has 9 aromatic rings. The van der Waals surface area contributed by atoms with Gasteiger partial charge in [0, 0.05) is 202 Å². The molecule has 15 heterocycles. The molecular formula is C103H151N21O10. The van der Waals surface area contributed by atoms with Crippen LogP contribution in [0.1, 0.15) is 188 Å². The molecule has 0 radical (unpaired) electrons. The van der Waals surface area contributed by atoms with Crippen LogP contribution >= 0.6 is 0 Å². The van der Waals surface area contributed by atoms with Gasteiger partial charge in [-0.15, -0.1) is 0 Å². The van der Waals surface area contributed by atoms with Crippen molar-refractivity contribution in [3.05, 3.63) is 73.1 Å². The minimum atomic E-state index is -0.508. The van der Waals surface area contributed by atoms with Crippen molar-refractivity contribution in [3.63, 3.8) is 0 Å². The summed E-state index contributed by atoms with van der Waals surface area (Å²) in [5.74, 6) is 13.3. The van der Waals surface area contributed by atoms with Crippen LogP contribution in [0, 0.1) is 0 Å². The van der Waals surface area contributed by atoms with Crippen molar-refractivity contribution < 1.29 is 47.4 Å². The fraction of sp³-hybridized carbons (Fsp3) is 0.641. The highest BCUT2D eigenvalue weighted by Gasteiger charge is 2.33. The maximum absolute atomic E-state index is 12.6. The number of fused-ring (bicyclic) bond motifs is 4. The zero-order valence-electron chi connectivity index (χ0n) is 82.0. The monoisotopic (exact) mass is 1840 g/mol. The number of hydrogen-bond donors (Lipinski definition) is 0. The molecule has 10 fully saturated rings. The van der Waals surface area contributed by atoms with Gasteiger partial charge in [0.05, 0.1) is 76.9 Å². The van der Waals surface area contributed by atoms with E-state index in [4.69, 9.17) is 82.5 Å². The van der Waals surface area contributed by atoms with Crippen LogP contribution in [0.3, 0.4) is 0 Å². The molecule has 10 saturated heterocycles. The third-order valence-corrected chi connectivity index (χ3v) is 27.4. The number of likely N-dealkylation sites (tertiary alicyclic amines) is 2. The Labute approximate surface area is 794 Å². The van der Waals surface area contributed by atoms with E-state index in [-0.39, 0.29) is 6.09 Å². The smallest absolute Gasteiger partial charge is 0.410 e. The van der Waals surface area contributed by atoms with Gasteiger partial charge in [-0.1, -0.05) is 6.42 Å². The van der Waals surface area contributed by atoms with E-state index < -0.39 is 5.60 Å². The SMILES string of the molecule is COc1cc2c(N3CCCCC3)nc(N3CCCC3)nc2cc1OCCCN(C)C.COc1cc2c(N3CCCCC3)nc(N3CCCC3)nc2cc1OCCCN1CCCCC1.COc1cc2c(N3CCCCC3)nc(N3CCCC3)nc2cc1OCCCn1cccc1.COc1cc2c(N3CCN(C(=O)OC(C)(C)C)CC3)nc(N3CCCC3)nc2cc1OCCCN1CCCC1. The molecule has 0 N–H and O–H groups in total. The molecule has 1 amide bonds. The standard InChI is InChI=1S/C29H44N6O4.C26H39N5O2.C25H33N5O2.C23H35N5O2/c1-29(2,3)39-28(36)35-17-15-33(16-18-35)26-22-20-24(37-4)25(38-19-9-12-32-10-5-6-11-32)21-23(22)30-27(31-26)34-13-7-8-14-34;1-32-23-19-21-22(20-24(23)33-18-10-13-29-11-4-2-5-12-29)27-26(31-16-8-9-17-31)28-25(21)30-14-6-3-7-15-30;1-31-22-18-20-21(19-23(22)32-17-9-12-28-10-5-6-11-28)26-25(30-15-7-8-16-30)27-24(20)29-13-3-2-4-14-29;1-26(2)10-9-15-30-21-17-19-18(16-20(21)29-3)22(27-11-5-4-6-12-27)25-23(24-19)28-13-7-8-14-28/h20-21H,5-19H2,1-4H3;19-20H,2-18H2,1H3;5-6,10-11,18-19H,2-4,7-9,12-17H2,1H3;16-17H,4-15H2,1-3H3. The molecule has 0 saturated carbocycles. The molecule has 31 heteroatoms. The predicted octanol–water partition coefficient (Wildman–Crippen LogP) is 16.7. The van der Waals surface area contributed by atoms with Crippen molar-refractivity contribution in [2.75, 3.05) is 272 Å². The van der Waals surface area contributed by atoms with Gasteiger partial charge in [-0.3, -0.25) is 0 Å². The van der Waals surface area contributed by atoms with Crippen LogP contribution in [0.15, 0.2) is 73.1 Å². The van der Waals surface area contributed by atoms with E-state index in [0.29, 0.717) is 58.4 Å². The Hall–Kier alpha value is -10.5. The summed E-state index contributed by atoms with van der Waals surface area (Å²) in [4.78, 5) is 80.5. The summed E-state index contributed by atoms with van der Waals surface area (Å²) >= 11 is 0. The molecular weight excluding hydrogens is 1690 g/mol. The van der Waals surface area contributed by atoms with Crippen molar-refractivity contribution >= 4 is 96.8 Å². The average Bonchev–Trinajstić information content (AvgIpc) is 0.799. The van der Waals surface area contributed by atoms with E-state index in [1.54, 1.807) is 33.3 Å². The van der Waals surface area contributed by atoms with Gasteiger partial charge in [-0.25, -0.2) is 24.7 Å². The molecule has 134 heavy (non-hydrogen) atoms. The van der Waals surface area contributed by atoms with Gasteiger partial charge in [-0.2, -0.15) is 19.9 Å². The fourth-order valence-corrected chi connectivity index (χ4v) is 20.1. The third kappa shape index (κ3) is 25.6. The first kappa shape index (κ1) is 96.6. The van der Waals surface area contributed by atoms with Crippen LogP contribution in [0.2, 0.25) is 0 Å². The number of aromatic nitrogens is 9. The number of nitrogens with zero attached hydrogens (tertiary/aromatic N) is 21. The quantitative estimate of drug-likeness (QED) is 0.0355. The summed E-state index contributed by atoms with van der Waals surface area (Å²) in [5.41, 5.74) is 3.18. The molecule has 0 atom stereocenters. The summed E-state index contributed by atoms with van der Waals surface area (Å²) < 4.78 is 55.4. The second-order valence-corrected chi connectivity index (χ2v) is 38.8. The van der Waals surface area contributed by atoms with Crippen LogP contribution in [0.25, 0.3) is 43.6 Å². The second-order valence-electron chi connectivity index (χ2n) is 38.8. The van der Waals surface area contributed by atoms with Gasteiger partial charge in [0.25, 0.3) is 0 Å². The van der Waals surface area contributed by atoms with Crippen molar-refractivity contribution in [2.45, 2.75) is 200 Å². The highest BCUT2D eigenvalue weighted by atomic mass is 16.6. The number of amides is 1. The number of carbonyl (C=O) groups excluding carboxylic acids is 1. The van der Waals surface area contributed by atoms with Gasteiger partial charge in [0.2, 0.25) is 23.8 Å². The number of hydrogen-bond acceptors (Lipinski definition) is 29. The number of anilines is 8. The van der Waals surface area contributed by atoms with Gasteiger partial charge < -0.3 is 106 Å². The van der Waals surface area contributed by atoms with E-state index in [2.05, 4.69) is 109 Å². The lowest BCUT2D eigenvalue weighted by atomic mass is 10.1. The predicted molar refractivity (Wildman–Crippen MR) is 538 cm³/mol. The highest BCUT2D eigenvalue weighted by Crippen LogP contribution is 2.44. The number of benzene rings is 4. The van der Waals surface area contributed by atoms with E-state index in [1.165, 1.54) is 155 Å². The number of carbonyl (C=O) groups is 1. The van der Waals surface area contributed by atoms with Gasteiger partial charge in [0.1, 0.15) is 28.9 Å². The zero-order chi connectivity index (χ0) is 92.5. The maximum atomic E-state index is 12.6. The minimum Gasteiger partial charge on any atom is -0.493 e. The summed E-state index contributed by atoms with van der Waals surface area (Å²) in [6, 6.07) is 20.5. The highest BCUT2D eigenvalue weighted by molar-refractivity contribution is 5.97. The van der Waals surface area contributed by atoms with Crippen molar-refractivity contribution in [1.82, 2.24) is 64.0 Å². The molecule has 31 nitrogen and oxygen atoms in total. The summed E-state index contributed by atoms with van der Waals surface area (Å²) in [6.07, 6.45) is 35.2. The molecule has 5 aromatic heterocycles. The molecule has 0 spiro atoms. The maximum Gasteiger partial charge on any atom is 0.410 e. The van der Waals surface area contributed by atoms with Crippen LogP contribution in [0.4, 0.5) is 51.9 Å². The lowest BCUT2D eigenvalue weighted by molar-refractivity contribution is 0.0240. The van der Waals surface area contributed by atoms with E-state index in [9.17, 15) is 4.79 Å². The van der Waals surface area contributed by atoms with Gasteiger partial charge >= 0.3 is 6.09 Å². The number of rotatable bonds is 32. The molecule has 10 aliphatic rings. The summed E-state index contributed by atoms with van der Waals surface area (Å²) in [5, 5.41) is 4.10. The molecule has 0 unspecified atom stereocenters. The normalized spacial score (nSPS) is 18.2. The second kappa shape index (κ2) is 47.8. The van der Waals surface area contributed by atoms with Crippen LogP contribution in [-0.2, 0) is 11.3 Å². The number of ether oxygens (including phenoxy) is 9. The van der Waals surface area contributed by atoms with Crippen molar-refractivity contribution in [3.8, 4) is 46.0 Å².